The summed E-state index contributed by atoms with van der Waals surface area (Å²) in [5.74, 6) is -0.609. The smallest absolute Gasteiger partial charge is 0.338 e. The van der Waals surface area contributed by atoms with E-state index in [-0.39, 0.29) is 23.5 Å². The summed E-state index contributed by atoms with van der Waals surface area (Å²) in [6.45, 7) is 0.202. The Balaban J connectivity index is 1.38. The summed E-state index contributed by atoms with van der Waals surface area (Å²) in [5, 5.41) is 16.2. The molecule has 146 valence electrons. The van der Waals surface area contributed by atoms with Crippen LogP contribution in [-0.2, 0) is 11.2 Å². The molecule has 0 saturated carbocycles. The van der Waals surface area contributed by atoms with Gasteiger partial charge in [0.25, 0.3) is 5.69 Å². The number of para-hydroxylation sites is 1. The van der Waals surface area contributed by atoms with Crippen LogP contribution < -0.4 is 0 Å². The number of thiazole rings is 1. The number of carbonyl (C=O) groups is 1. The molecule has 9 nitrogen and oxygen atoms in total. The first-order valence-electron chi connectivity index (χ1n) is 8.77. The van der Waals surface area contributed by atoms with E-state index in [1.807, 2.05) is 24.3 Å². The molecule has 0 saturated heterocycles. The van der Waals surface area contributed by atoms with Crippen LogP contribution >= 0.6 is 11.3 Å². The van der Waals surface area contributed by atoms with Crippen molar-refractivity contribution in [1.29, 1.82) is 0 Å². The number of nitro benzene ring substituents is 1. The lowest BCUT2D eigenvalue weighted by atomic mass is 10.1. The first-order chi connectivity index (χ1) is 14.1. The van der Waals surface area contributed by atoms with Gasteiger partial charge in [-0.15, -0.1) is 11.3 Å². The van der Waals surface area contributed by atoms with Crippen molar-refractivity contribution in [2.24, 2.45) is 0 Å². The van der Waals surface area contributed by atoms with Gasteiger partial charge in [-0.05, 0) is 30.7 Å². The molecule has 29 heavy (non-hydrogen) atoms. The van der Waals surface area contributed by atoms with Crippen molar-refractivity contribution in [3.05, 3.63) is 75.8 Å². The Labute approximate surface area is 168 Å². The van der Waals surface area contributed by atoms with Gasteiger partial charge in [-0.1, -0.05) is 12.1 Å². The zero-order valence-electron chi connectivity index (χ0n) is 15.1. The van der Waals surface area contributed by atoms with Crippen LogP contribution in [0.3, 0.4) is 0 Å². The Hall–Kier alpha value is -3.66. The topological polar surface area (TPSA) is 113 Å². The van der Waals surface area contributed by atoms with Crippen molar-refractivity contribution < 1.29 is 14.5 Å². The van der Waals surface area contributed by atoms with Crippen molar-refractivity contribution in [3.8, 4) is 5.69 Å². The van der Waals surface area contributed by atoms with Gasteiger partial charge in [0.2, 0.25) is 0 Å². The fraction of sp³-hybridized carbons (Fsp3) is 0.158. The number of fused-ring (bicyclic) bond motifs is 1. The molecule has 0 unspecified atom stereocenters. The second kappa shape index (κ2) is 8.15. The summed E-state index contributed by atoms with van der Waals surface area (Å²) in [7, 11) is 0. The molecule has 0 amide bonds. The average Bonchev–Trinajstić information content (AvgIpc) is 3.40. The number of ether oxygens (including phenoxy) is 1. The maximum Gasteiger partial charge on any atom is 0.338 e. The van der Waals surface area contributed by atoms with E-state index in [1.54, 1.807) is 11.3 Å². The molecule has 10 heteroatoms. The predicted octanol–water partition coefficient (Wildman–Crippen LogP) is 3.57. The first kappa shape index (κ1) is 18.7. The summed E-state index contributed by atoms with van der Waals surface area (Å²) in [5.41, 5.74) is 1.05. The second-order valence-corrected chi connectivity index (χ2v) is 7.23. The number of nitrogens with zero attached hydrogens (tertiary/aromatic N) is 5. The number of rotatable bonds is 7. The molecule has 0 aliphatic heterocycles. The van der Waals surface area contributed by atoms with E-state index in [9.17, 15) is 14.9 Å². The Bertz CT molecular complexity index is 1140. The quantitative estimate of drug-likeness (QED) is 0.198. The summed E-state index contributed by atoms with van der Waals surface area (Å²) < 4.78 is 7.66. The van der Waals surface area contributed by atoms with Crippen molar-refractivity contribution in [2.75, 3.05) is 6.61 Å². The van der Waals surface area contributed by atoms with Gasteiger partial charge in [0.15, 0.2) is 0 Å². The molecule has 0 radical (unpaired) electrons. The average molecular weight is 409 g/mol. The van der Waals surface area contributed by atoms with E-state index in [4.69, 9.17) is 4.74 Å². The molecule has 4 rings (SSSR count). The minimum atomic E-state index is -0.609. The number of aryl methyl sites for hydroxylation is 1. The Morgan fingerprint density at radius 1 is 1.24 bits per heavy atom. The number of hydrogen-bond acceptors (Lipinski definition) is 8. The Morgan fingerprint density at radius 2 is 2.10 bits per heavy atom. The SMILES string of the molecule is O=C(OCCCc1nc2ccccc2s1)c1ccc(-n2cncn2)c([N+](=O)[O-])c1. The molecular weight excluding hydrogens is 394 g/mol. The van der Waals surface area contributed by atoms with E-state index in [2.05, 4.69) is 15.1 Å². The van der Waals surface area contributed by atoms with Crippen molar-refractivity contribution in [3.63, 3.8) is 0 Å². The van der Waals surface area contributed by atoms with Crippen LogP contribution in [0.5, 0.6) is 0 Å². The third kappa shape index (κ3) is 4.11. The van der Waals surface area contributed by atoms with Gasteiger partial charge in [0.1, 0.15) is 18.3 Å². The molecule has 0 fully saturated rings. The second-order valence-electron chi connectivity index (χ2n) is 6.12. The maximum absolute atomic E-state index is 12.3. The highest BCUT2D eigenvalue weighted by Crippen LogP contribution is 2.24. The molecule has 2 aromatic carbocycles. The van der Waals surface area contributed by atoms with Crippen molar-refractivity contribution in [2.45, 2.75) is 12.8 Å². The normalized spacial score (nSPS) is 10.9. The standard InChI is InChI=1S/C19H15N5O4S/c25-19(28-9-3-6-18-22-14-4-1-2-5-17(14)29-18)13-7-8-15(16(10-13)24(26)27)23-12-20-11-21-23/h1-2,4-5,7-8,10-12H,3,6,9H2. The van der Waals surface area contributed by atoms with E-state index in [1.165, 1.54) is 35.5 Å². The summed E-state index contributed by atoms with van der Waals surface area (Å²) in [6, 6.07) is 12.0. The molecule has 0 aliphatic carbocycles. The zero-order chi connectivity index (χ0) is 20.2. The Kier molecular flexibility index (Phi) is 5.25. The van der Waals surface area contributed by atoms with Crippen molar-refractivity contribution >= 4 is 33.2 Å². The number of benzene rings is 2. The molecule has 2 aromatic heterocycles. The molecular formula is C19H15N5O4S. The van der Waals surface area contributed by atoms with Gasteiger partial charge >= 0.3 is 5.97 Å². The van der Waals surface area contributed by atoms with Gasteiger partial charge in [-0.25, -0.2) is 19.4 Å². The molecule has 4 aromatic rings. The lowest BCUT2D eigenvalue weighted by Crippen LogP contribution is -2.09. The fourth-order valence-electron chi connectivity index (χ4n) is 2.82. The molecule has 0 aliphatic rings. The number of carbonyl (C=O) groups excluding carboxylic acids is 1. The highest BCUT2D eigenvalue weighted by Gasteiger charge is 2.20. The third-order valence-corrected chi connectivity index (χ3v) is 5.28. The van der Waals surface area contributed by atoms with Crippen LogP contribution in [-0.4, -0.2) is 37.2 Å². The van der Waals surface area contributed by atoms with Gasteiger partial charge < -0.3 is 4.74 Å². The van der Waals surface area contributed by atoms with Gasteiger partial charge in [0, 0.05) is 12.5 Å². The first-order valence-corrected chi connectivity index (χ1v) is 9.58. The highest BCUT2D eigenvalue weighted by atomic mass is 32.1. The van der Waals surface area contributed by atoms with Crippen LogP contribution in [0.25, 0.3) is 15.9 Å². The van der Waals surface area contributed by atoms with Crippen LogP contribution in [0, 0.1) is 10.1 Å². The molecule has 2 heterocycles. The van der Waals surface area contributed by atoms with Gasteiger partial charge in [-0.2, -0.15) is 5.10 Å². The summed E-state index contributed by atoms with van der Waals surface area (Å²) in [4.78, 5) is 31.4. The number of esters is 1. The number of nitro groups is 1. The minimum Gasteiger partial charge on any atom is -0.462 e. The minimum absolute atomic E-state index is 0.112. The molecule has 0 N–H and O–H groups in total. The van der Waals surface area contributed by atoms with E-state index < -0.39 is 10.9 Å². The Morgan fingerprint density at radius 3 is 2.86 bits per heavy atom. The summed E-state index contributed by atoms with van der Waals surface area (Å²) in [6.07, 6.45) is 3.93. The lowest BCUT2D eigenvalue weighted by Gasteiger charge is -2.06. The highest BCUT2D eigenvalue weighted by molar-refractivity contribution is 7.18. The third-order valence-electron chi connectivity index (χ3n) is 4.18. The fourth-order valence-corrected chi connectivity index (χ4v) is 3.83. The molecule has 0 spiro atoms. The summed E-state index contributed by atoms with van der Waals surface area (Å²) >= 11 is 1.62. The zero-order valence-corrected chi connectivity index (χ0v) is 15.9. The van der Waals surface area contributed by atoms with Crippen LogP contribution in [0.1, 0.15) is 21.8 Å². The maximum atomic E-state index is 12.3. The van der Waals surface area contributed by atoms with Crippen LogP contribution in [0.15, 0.2) is 55.1 Å². The number of hydrogen-bond donors (Lipinski definition) is 0. The van der Waals surface area contributed by atoms with Crippen LogP contribution in [0.2, 0.25) is 0 Å². The monoisotopic (exact) mass is 409 g/mol. The van der Waals surface area contributed by atoms with Crippen molar-refractivity contribution in [1.82, 2.24) is 19.7 Å². The predicted molar refractivity (Wildman–Crippen MR) is 106 cm³/mol. The van der Waals surface area contributed by atoms with Gasteiger partial charge in [-0.3, -0.25) is 10.1 Å². The largest absolute Gasteiger partial charge is 0.462 e. The van der Waals surface area contributed by atoms with Crippen LogP contribution in [0.4, 0.5) is 5.69 Å². The lowest BCUT2D eigenvalue weighted by molar-refractivity contribution is -0.384. The van der Waals surface area contributed by atoms with Gasteiger partial charge in [0.05, 0.1) is 32.3 Å². The van der Waals surface area contributed by atoms with E-state index >= 15 is 0 Å². The molecule has 0 atom stereocenters. The van der Waals surface area contributed by atoms with E-state index in [0.29, 0.717) is 12.8 Å². The number of aromatic nitrogens is 4. The van der Waals surface area contributed by atoms with E-state index in [0.717, 1.165) is 15.2 Å². The molecule has 0 bridgehead atoms.